The molecule has 2 aromatic heterocycles. The molecular weight excluding hydrogens is 312 g/mol. The molecule has 5 heteroatoms. The topological polar surface area (TPSA) is 38.7 Å². The van der Waals surface area contributed by atoms with Crippen molar-refractivity contribution in [2.24, 2.45) is 0 Å². The summed E-state index contributed by atoms with van der Waals surface area (Å²) in [5.41, 5.74) is 0.866. The molecule has 0 aliphatic rings. The van der Waals surface area contributed by atoms with Crippen molar-refractivity contribution < 1.29 is 0 Å². The third-order valence-electron chi connectivity index (χ3n) is 1.62. The SMILES string of the molecule is Clc1nc(-c2cccnc2)ncc1I. The molecule has 0 aliphatic heterocycles. The van der Waals surface area contributed by atoms with Gasteiger partial charge in [0.1, 0.15) is 5.15 Å². The van der Waals surface area contributed by atoms with E-state index >= 15 is 0 Å². The fraction of sp³-hybridized carbons (Fsp3) is 0. The second-order valence-corrected chi connectivity index (χ2v) is 4.09. The molecule has 0 spiro atoms. The van der Waals surface area contributed by atoms with Gasteiger partial charge in [-0.15, -0.1) is 0 Å². The van der Waals surface area contributed by atoms with Gasteiger partial charge in [0, 0.05) is 24.2 Å². The fourth-order valence-corrected chi connectivity index (χ4v) is 1.37. The average molecular weight is 318 g/mol. The van der Waals surface area contributed by atoms with Crippen LogP contribution < -0.4 is 0 Å². The molecule has 2 rings (SSSR count). The van der Waals surface area contributed by atoms with Gasteiger partial charge in [-0.25, -0.2) is 9.97 Å². The summed E-state index contributed by atoms with van der Waals surface area (Å²) < 4.78 is 0.844. The second kappa shape index (κ2) is 4.18. The minimum atomic E-state index is 0.472. The Hall–Kier alpha value is -0.750. The van der Waals surface area contributed by atoms with E-state index in [1.807, 2.05) is 12.1 Å². The zero-order valence-corrected chi connectivity index (χ0v) is 9.90. The van der Waals surface area contributed by atoms with Gasteiger partial charge in [-0.05, 0) is 34.7 Å². The Labute approximate surface area is 99.7 Å². The summed E-state index contributed by atoms with van der Waals surface area (Å²) in [5.74, 6) is 0.600. The maximum atomic E-state index is 5.88. The monoisotopic (exact) mass is 317 g/mol. The highest BCUT2D eigenvalue weighted by Crippen LogP contribution is 2.19. The maximum absolute atomic E-state index is 5.88. The van der Waals surface area contributed by atoms with Gasteiger partial charge in [-0.2, -0.15) is 0 Å². The van der Waals surface area contributed by atoms with E-state index in [-0.39, 0.29) is 0 Å². The molecule has 0 saturated heterocycles. The van der Waals surface area contributed by atoms with Crippen LogP contribution in [0.3, 0.4) is 0 Å². The Bertz CT molecular complexity index is 447. The van der Waals surface area contributed by atoms with Gasteiger partial charge < -0.3 is 0 Å². The first-order valence-corrected chi connectivity index (χ1v) is 5.31. The van der Waals surface area contributed by atoms with Gasteiger partial charge in [0.05, 0.1) is 3.57 Å². The third kappa shape index (κ3) is 2.01. The van der Waals surface area contributed by atoms with E-state index in [0.29, 0.717) is 11.0 Å². The molecule has 0 amide bonds. The first-order valence-electron chi connectivity index (χ1n) is 3.86. The standard InChI is InChI=1S/C9H5ClIN3/c10-8-7(11)5-13-9(14-8)6-2-1-3-12-4-6/h1-5H. The lowest BCUT2D eigenvalue weighted by Crippen LogP contribution is -1.91. The van der Waals surface area contributed by atoms with E-state index in [1.54, 1.807) is 18.6 Å². The number of nitrogens with zero attached hydrogens (tertiary/aromatic N) is 3. The highest BCUT2D eigenvalue weighted by atomic mass is 127. The van der Waals surface area contributed by atoms with Crippen LogP contribution in [0.15, 0.2) is 30.7 Å². The lowest BCUT2D eigenvalue weighted by atomic mass is 10.3. The van der Waals surface area contributed by atoms with Crippen LogP contribution in [0.5, 0.6) is 0 Å². The van der Waals surface area contributed by atoms with Crippen molar-refractivity contribution in [1.82, 2.24) is 15.0 Å². The molecule has 0 saturated carbocycles. The minimum absolute atomic E-state index is 0.472. The number of rotatable bonds is 1. The van der Waals surface area contributed by atoms with Crippen molar-refractivity contribution in [1.29, 1.82) is 0 Å². The molecule has 3 nitrogen and oxygen atoms in total. The Morgan fingerprint density at radius 2 is 2.14 bits per heavy atom. The van der Waals surface area contributed by atoms with Crippen molar-refractivity contribution in [3.05, 3.63) is 39.4 Å². The van der Waals surface area contributed by atoms with Gasteiger partial charge >= 0.3 is 0 Å². The zero-order chi connectivity index (χ0) is 9.97. The highest BCUT2D eigenvalue weighted by molar-refractivity contribution is 14.1. The van der Waals surface area contributed by atoms with Gasteiger partial charge in [-0.3, -0.25) is 4.98 Å². The molecule has 0 radical (unpaired) electrons. The molecule has 0 fully saturated rings. The predicted molar refractivity (Wildman–Crippen MR) is 63.0 cm³/mol. The summed E-state index contributed by atoms with van der Waals surface area (Å²) in [6.07, 6.45) is 5.11. The summed E-state index contributed by atoms with van der Waals surface area (Å²) in [6.45, 7) is 0. The highest BCUT2D eigenvalue weighted by Gasteiger charge is 2.04. The average Bonchev–Trinajstić information content (AvgIpc) is 2.23. The molecule has 2 heterocycles. The summed E-state index contributed by atoms with van der Waals surface area (Å²) in [4.78, 5) is 12.3. The molecule has 0 atom stereocenters. The van der Waals surface area contributed by atoms with E-state index in [4.69, 9.17) is 11.6 Å². The number of hydrogen-bond acceptors (Lipinski definition) is 3. The molecule has 0 unspecified atom stereocenters. The minimum Gasteiger partial charge on any atom is -0.264 e. The Balaban J connectivity index is 2.48. The predicted octanol–water partition coefficient (Wildman–Crippen LogP) is 2.80. The van der Waals surface area contributed by atoms with E-state index < -0.39 is 0 Å². The largest absolute Gasteiger partial charge is 0.264 e. The van der Waals surface area contributed by atoms with Crippen molar-refractivity contribution in [2.45, 2.75) is 0 Å². The van der Waals surface area contributed by atoms with Crippen LogP contribution in [-0.4, -0.2) is 15.0 Å². The van der Waals surface area contributed by atoms with Gasteiger partial charge in [-0.1, -0.05) is 11.6 Å². The normalized spacial score (nSPS) is 10.1. The first kappa shape index (κ1) is 9.79. The molecule has 0 N–H and O–H groups in total. The lowest BCUT2D eigenvalue weighted by molar-refractivity contribution is 1.15. The van der Waals surface area contributed by atoms with E-state index in [2.05, 4.69) is 37.5 Å². The van der Waals surface area contributed by atoms with Crippen molar-refractivity contribution in [3.8, 4) is 11.4 Å². The van der Waals surface area contributed by atoms with Crippen molar-refractivity contribution in [2.75, 3.05) is 0 Å². The molecular formula is C9H5ClIN3. The van der Waals surface area contributed by atoms with Crippen LogP contribution in [0, 0.1) is 3.57 Å². The van der Waals surface area contributed by atoms with Crippen LogP contribution in [0.4, 0.5) is 0 Å². The van der Waals surface area contributed by atoms with Crippen molar-refractivity contribution in [3.63, 3.8) is 0 Å². The molecule has 0 bridgehead atoms. The summed E-state index contributed by atoms with van der Waals surface area (Å²) >= 11 is 7.97. The maximum Gasteiger partial charge on any atom is 0.162 e. The number of pyridine rings is 1. The number of hydrogen-bond donors (Lipinski definition) is 0. The summed E-state index contributed by atoms with van der Waals surface area (Å²) in [7, 11) is 0. The first-order chi connectivity index (χ1) is 6.77. The fourth-order valence-electron chi connectivity index (χ4n) is 0.980. The second-order valence-electron chi connectivity index (χ2n) is 2.57. The summed E-state index contributed by atoms with van der Waals surface area (Å²) in [6, 6.07) is 3.73. The van der Waals surface area contributed by atoms with E-state index in [9.17, 15) is 0 Å². The molecule has 2 aromatic rings. The third-order valence-corrected chi connectivity index (χ3v) is 3.02. The quantitative estimate of drug-likeness (QED) is 0.600. The van der Waals surface area contributed by atoms with E-state index in [0.717, 1.165) is 9.13 Å². The summed E-state index contributed by atoms with van der Waals surface area (Å²) in [5, 5.41) is 0.472. The molecule has 0 aliphatic carbocycles. The zero-order valence-electron chi connectivity index (χ0n) is 6.98. The van der Waals surface area contributed by atoms with Crippen LogP contribution in [0.1, 0.15) is 0 Å². The van der Waals surface area contributed by atoms with Crippen LogP contribution >= 0.6 is 34.2 Å². The molecule has 14 heavy (non-hydrogen) atoms. The van der Waals surface area contributed by atoms with E-state index in [1.165, 1.54) is 0 Å². The van der Waals surface area contributed by atoms with Gasteiger partial charge in [0.25, 0.3) is 0 Å². The van der Waals surface area contributed by atoms with Crippen molar-refractivity contribution >= 4 is 34.2 Å². The van der Waals surface area contributed by atoms with Gasteiger partial charge in [0.15, 0.2) is 5.82 Å². The van der Waals surface area contributed by atoms with Crippen LogP contribution in [0.25, 0.3) is 11.4 Å². The number of aromatic nitrogens is 3. The Morgan fingerprint density at radius 1 is 1.29 bits per heavy atom. The Kier molecular flexibility index (Phi) is 2.93. The number of halogens is 2. The molecule has 0 aromatic carbocycles. The van der Waals surface area contributed by atoms with Gasteiger partial charge in [0.2, 0.25) is 0 Å². The van der Waals surface area contributed by atoms with Crippen LogP contribution in [0.2, 0.25) is 5.15 Å². The lowest BCUT2D eigenvalue weighted by Gasteiger charge is -2.00. The van der Waals surface area contributed by atoms with Crippen LogP contribution in [-0.2, 0) is 0 Å². The molecule has 70 valence electrons. The Morgan fingerprint density at radius 3 is 2.79 bits per heavy atom. The smallest absolute Gasteiger partial charge is 0.162 e.